The summed E-state index contributed by atoms with van der Waals surface area (Å²) in [6.45, 7) is 4.71. The van der Waals surface area contributed by atoms with E-state index in [-0.39, 0.29) is 18.4 Å². The summed E-state index contributed by atoms with van der Waals surface area (Å²) < 4.78 is 0. The van der Waals surface area contributed by atoms with Gasteiger partial charge in [0.15, 0.2) is 0 Å². The maximum absolute atomic E-state index is 12.9. The molecule has 128 valence electrons. The molecule has 1 atom stereocenters. The monoisotopic (exact) mass is 329 g/mol. The second-order valence-electron chi connectivity index (χ2n) is 6.42. The van der Waals surface area contributed by atoms with Gasteiger partial charge in [0.2, 0.25) is 5.91 Å². The van der Waals surface area contributed by atoms with Crippen molar-refractivity contribution in [3.8, 4) is 0 Å². The van der Waals surface area contributed by atoms with E-state index in [1.807, 2.05) is 32.0 Å². The molecular formula is C18H23N3O3. The number of amides is 4. The molecule has 1 N–H and O–H groups in total. The highest BCUT2D eigenvalue weighted by atomic mass is 16.2. The summed E-state index contributed by atoms with van der Waals surface area (Å²) in [5.41, 5.74) is 1.42. The molecule has 6 heteroatoms. The van der Waals surface area contributed by atoms with Crippen molar-refractivity contribution in [1.82, 2.24) is 15.1 Å². The van der Waals surface area contributed by atoms with Crippen molar-refractivity contribution >= 4 is 17.8 Å². The second kappa shape index (κ2) is 6.26. The van der Waals surface area contributed by atoms with E-state index >= 15 is 0 Å². The molecule has 1 spiro atoms. The molecule has 0 bridgehead atoms. The third-order valence-electron chi connectivity index (χ3n) is 5.09. The lowest BCUT2D eigenvalue weighted by molar-refractivity contribution is -0.139. The van der Waals surface area contributed by atoms with Crippen LogP contribution in [0.5, 0.6) is 0 Å². The average molecular weight is 329 g/mol. The Bertz CT molecular complexity index is 684. The first-order valence-electron chi connectivity index (χ1n) is 8.49. The zero-order chi connectivity index (χ0) is 17.3. The SMILES string of the molecule is CCN(CC)C(=O)CN1C(=O)N[C@]2(CCc3ccccc3C2)C1=O. The first-order chi connectivity index (χ1) is 11.5. The minimum absolute atomic E-state index is 0.185. The number of carbonyl (C=O) groups excluding carboxylic acids is 3. The Hall–Kier alpha value is -2.37. The Labute approximate surface area is 141 Å². The summed E-state index contributed by atoms with van der Waals surface area (Å²) >= 11 is 0. The van der Waals surface area contributed by atoms with Gasteiger partial charge >= 0.3 is 6.03 Å². The smallest absolute Gasteiger partial charge is 0.325 e. The van der Waals surface area contributed by atoms with Crippen LogP contribution in [-0.2, 0) is 22.4 Å². The highest BCUT2D eigenvalue weighted by Crippen LogP contribution is 2.33. The van der Waals surface area contributed by atoms with Crippen LogP contribution < -0.4 is 5.32 Å². The van der Waals surface area contributed by atoms with Gasteiger partial charge in [0.25, 0.3) is 5.91 Å². The zero-order valence-corrected chi connectivity index (χ0v) is 14.2. The third kappa shape index (κ3) is 2.66. The molecule has 1 aromatic rings. The van der Waals surface area contributed by atoms with E-state index in [4.69, 9.17) is 0 Å². The summed E-state index contributed by atoms with van der Waals surface area (Å²) in [5.74, 6) is -0.473. The maximum atomic E-state index is 12.9. The first-order valence-corrected chi connectivity index (χ1v) is 8.49. The third-order valence-corrected chi connectivity index (χ3v) is 5.09. The van der Waals surface area contributed by atoms with E-state index in [1.54, 1.807) is 4.90 Å². The summed E-state index contributed by atoms with van der Waals surface area (Å²) in [4.78, 5) is 40.2. The molecule has 1 saturated heterocycles. The van der Waals surface area contributed by atoms with Crippen molar-refractivity contribution in [2.24, 2.45) is 0 Å². The van der Waals surface area contributed by atoms with Crippen LogP contribution in [0.4, 0.5) is 4.79 Å². The molecule has 0 radical (unpaired) electrons. The molecule has 1 aliphatic carbocycles. The van der Waals surface area contributed by atoms with Gasteiger partial charge in [0.1, 0.15) is 12.1 Å². The van der Waals surface area contributed by atoms with E-state index in [0.29, 0.717) is 25.9 Å². The molecule has 4 amide bonds. The maximum Gasteiger partial charge on any atom is 0.325 e. The van der Waals surface area contributed by atoms with Gasteiger partial charge in [0.05, 0.1) is 0 Å². The predicted molar refractivity (Wildman–Crippen MR) is 89.4 cm³/mol. The minimum atomic E-state index is -0.894. The van der Waals surface area contributed by atoms with Crippen molar-refractivity contribution in [2.75, 3.05) is 19.6 Å². The predicted octanol–water partition coefficient (Wildman–Crippen LogP) is 1.33. The normalized spacial score (nSPS) is 22.5. The number of nitrogens with one attached hydrogen (secondary N) is 1. The molecule has 1 aliphatic heterocycles. The summed E-state index contributed by atoms with van der Waals surface area (Å²) in [6, 6.07) is 7.53. The number of carbonyl (C=O) groups is 3. The zero-order valence-electron chi connectivity index (χ0n) is 14.2. The van der Waals surface area contributed by atoms with Gasteiger partial charge in [-0.25, -0.2) is 4.79 Å². The minimum Gasteiger partial charge on any atom is -0.342 e. The number of nitrogens with zero attached hydrogens (tertiary/aromatic N) is 2. The molecule has 0 unspecified atom stereocenters. The second-order valence-corrected chi connectivity index (χ2v) is 6.42. The van der Waals surface area contributed by atoms with E-state index in [0.717, 1.165) is 16.9 Å². The molecule has 0 aromatic heterocycles. The van der Waals surface area contributed by atoms with Crippen LogP contribution in [0.15, 0.2) is 24.3 Å². The van der Waals surface area contributed by atoms with Gasteiger partial charge in [-0.1, -0.05) is 24.3 Å². The highest BCUT2D eigenvalue weighted by Gasteiger charge is 2.52. The molecule has 6 nitrogen and oxygen atoms in total. The topological polar surface area (TPSA) is 69.7 Å². The molecule has 1 fully saturated rings. The Kier molecular flexibility index (Phi) is 4.30. The number of imide groups is 1. The number of likely N-dealkylation sites (N-methyl/N-ethyl adjacent to an activating group) is 1. The number of benzene rings is 1. The number of urea groups is 1. The Morgan fingerprint density at radius 2 is 1.88 bits per heavy atom. The number of fused-ring (bicyclic) bond motifs is 1. The number of rotatable bonds is 4. The van der Waals surface area contributed by atoms with Gasteiger partial charge in [-0.3, -0.25) is 14.5 Å². The van der Waals surface area contributed by atoms with Gasteiger partial charge in [-0.05, 0) is 37.8 Å². The standard InChI is InChI=1S/C18H23N3O3/c1-3-20(4-2)15(22)12-21-16(23)18(19-17(21)24)10-9-13-7-5-6-8-14(13)11-18/h5-8H,3-4,9-12H2,1-2H3,(H,19,24)/t18-/m0/s1. The van der Waals surface area contributed by atoms with Crippen LogP contribution >= 0.6 is 0 Å². The summed E-state index contributed by atoms with van der Waals surface area (Å²) in [5, 5.41) is 2.86. The number of hydrogen-bond donors (Lipinski definition) is 1. The van der Waals surface area contributed by atoms with E-state index in [9.17, 15) is 14.4 Å². The Morgan fingerprint density at radius 3 is 2.54 bits per heavy atom. The van der Waals surface area contributed by atoms with Crippen molar-refractivity contribution in [1.29, 1.82) is 0 Å². The van der Waals surface area contributed by atoms with Crippen molar-refractivity contribution in [2.45, 2.75) is 38.6 Å². The van der Waals surface area contributed by atoms with Crippen molar-refractivity contribution in [3.05, 3.63) is 35.4 Å². The first kappa shape index (κ1) is 16.5. The van der Waals surface area contributed by atoms with Gasteiger partial charge in [0, 0.05) is 19.5 Å². The lowest BCUT2D eigenvalue weighted by atomic mass is 9.78. The Balaban J connectivity index is 1.79. The number of hydrogen-bond acceptors (Lipinski definition) is 3. The van der Waals surface area contributed by atoms with Crippen LogP contribution in [0.3, 0.4) is 0 Å². The van der Waals surface area contributed by atoms with Gasteiger partial charge in [-0.15, -0.1) is 0 Å². The van der Waals surface area contributed by atoms with E-state index in [2.05, 4.69) is 11.4 Å². The average Bonchev–Trinajstić information content (AvgIpc) is 2.80. The van der Waals surface area contributed by atoms with Crippen LogP contribution in [0.25, 0.3) is 0 Å². The molecule has 24 heavy (non-hydrogen) atoms. The van der Waals surface area contributed by atoms with E-state index in [1.165, 1.54) is 5.56 Å². The van der Waals surface area contributed by atoms with Gasteiger partial charge < -0.3 is 10.2 Å². The summed E-state index contributed by atoms with van der Waals surface area (Å²) in [6.07, 6.45) is 1.81. The fourth-order valence-electron chi connectivity index (χ4n) is 3.66. The quantitative estimate of drug-likeness (QED) is 0.848. The van der Waals surface area contributed by atoms with Crippen LogP contribution in [0.2, 0.25) is 0 Å². The highest BCUT2D eigenvalue weighted by molar-refractivity contribution is 6.09. The van der Waals surface area contributed by atoms with E-state index < -0.39 is 11.6 Å². The van der Waals surface area contributed by atoms with Crippen molar-refractivity contribution in [3.63, 3.8) is 0 Å². The molecule has 1 aromatic carbocycles. The van der Waals surface area contributed by atoms with Crippen molar-refractivity contribution < 1.29 is 14.4 Å². The Morgan fingerprint density at radius 1 is 1.21 bits per heavy atom. The number of aryl methyl sites for hydroxylation is 1. The van der Waals surface area contributed by atoms with Gasteiger partial charge in [-0.2, -0.15) is 0 Å². The largest absolute Gasteiger partial charge is 0.342 e. The van der Waals surface area contributed by atoms with Crippen LogP contribution in [0.1, 0.15) is 31.4 Å². The lowest BCUT2D eigenvalue weighted by Gasteiger charge is -2.32. The molecule has 1 heterocycles. The van der Waals surface area contributed by atoms with Crippen LogP contribution in [-0.4, -0.2) is 52.8 Å². The molecule has 0 saturated carbocycles. The molecule has 2 aliphatic rings. The summed E-state index contributed by atoms with van der Waals surface area (Å²) in [7, 11) is 0. The lowest BCUT2D eigenvalue weighted by Crippen LogP contribution is -2.51. The fraction of sp³-hybridized carbons (Fsp3) is 0.500. The fourth-order valence-corrected chi connectivity index (χ4v) is 3.66. The molecule has 3 rings (SSSR count). The van der Waals surface area contributed by atoms with Crippen LogP contribution in [0, 0.1) is 0 Å². The molecular weight excluding hydrogens is 306 g/mol.